The van der Waals surface area contributed by atoms with E-state index in [-0.39, 0.29) is 53.8 Å². The van der Waals surface area contributed by atoms with Gasteiger partial charge in [-0.2, -0.15) is 13.1 Å². The number of esters is 1. The number of rotatable bonds is 9. The number of carbonyl (C=O) groups excluding carboxylic acids is 2. The second-order valence-corrected chi connectivity index (χ2v) is 8.69. The number of hydrogen-bond donors (Lipinski definition) is 0. The smallest absolute Gasteiger partial charge is 0.387 e. The van der Waals surface area contributed by atoms with Crippen LogP contribution in [0.15, 0.2) is 47.4 Å². The largest absolute Gasteiger partial charge is 0.495 e. The van der Waals surface area contributed by atoms with Crippen LogP contribution in [0, 0.1) is 0 Å². The minimum atomic E-state index is -3.96. The van der Waals surface area contributed by atoms with Crippen molar-refractivity contribution in [2.24, 2.45) is 0 Å². The van der Waals surface area contributed by atoms with Gasteiger partial charge < -0.3 is 18.9 Å². The van der Waals surface area contributed by atoms with E-state index in [0.717, 1.165) is 6.07 Å². The molecule has 0 amide bonds. The lowest BCUT2D eigenvalue weighted by atomic mass is 10.1. The summed E-state index contributed by atoms with van der Waals surface area (Å²) in [7, 11) is -2.65. The van der Waals surface area contributed by atoms with Crippen LogP contribution in [0.25, 0.3) is 0 Å². The molecular formula is C21H21F2NO8S. The molecule has 1 fully saturated rings. The normalized spacial score (nSPS) is 14.7. The summed E-state index contributed by atoms with van der Waals surface area (Å²) in [5, 5.41) is 0. The quantitative estimate of drug-likeness (QED) is 0.394. The van der Waals surface area contributed by atoms with Gasteiger partial charge in [0, 0.05) is 18.7 Å². The molecule has 1 saturated heterocycles. The number of sulfonamides is 1. The van der Waals surface area contributed by atoms with E-state index in [1.165, 1.54) is 47.8 Å². The van der Waals surface area contributed by atoms with Gasteiger partial charge in [-0.05, 0) is 42.5 Å². The second-order valence-electron chi connectivity index (χ2n) is 6.78. The summed E-state index contributed by atoms with van der Waals surface area (Å²) in [6.45, 7) is -2.80. The molecule has 0 N–H and O–H groups in total. The number of Topliss-reactive ketones (excluding diaryl/α,β-unsaturated/α-hetero) is 1. The number of halogens is 2. The fourth-order valence-electron chi connectivity index (χ4n) is 3.05. The van der Waals surface area contributed by atoms with Crippen LogP contribution in [0.5, 0.6) is 11.5 Å². The Kier molecular flexibility index (Phi) is 7.95. The summed E-state index contributed by atoms with van der Waals surface area (Å²) >= 11 is 0. The molecule has 1 heterocycles. The van der Waals surface area contributed by atoms with Gasteiger partial charge in [-0.25, -0.2) is 13.2 Å². The minimum Gasteiger partial charge on any atom is -0.495 e. The fraction of sp³-hybridized carbons (Fsp3) is 0.333. The number of morpholine rings is 1. The summed E-state index contributed by atoms with van der Waals surface area (Å²) < 4.78 is 71.2. The van der Waals surface area contributed by atoms with Crippen LogP contribution < -0.4 is 9.47 Å². The van der Waals surface area contributed by atoms with Crippen molar-refractivity contribution >= 4 is 21.8 Å². The van der Waals surface area contributed by atoms with Gasteiger partial charge >= 0.3 is 12.6 Å². The van der Waals surface area contributed by atoms with Crippen LogP contribution in [0.2, 0.25) is 0 Å². The lowest BCUT2D eigenvalue weighted by Crippen LogP contribution is -2.40. The molecule has 0 bridgehead atoms. The van der Waals surface area contributed by atoms with Gasteiger partial charge in [0.05, 0.1) is 25.9 Å². The second kappa shape index (κ2) is 10.7. The first kappa shape index (κ1) is 24.6. The van der Waals surface area contributed by atoms with E-state index in [2.05, 4.69) is 4.74 Å². The molecule has 9 nitrogen and oxygen atoms in total. The van der Waals surface area contributed by atoms with Gasteiger partial charge in [-0.15, -0.1) is 0 Å². The highest BCUT2D eigenvalue weighted by Crippen LogP contribution is 2.28. The number of nitrogens with zero attached hydrogens (tertiary/aromatic N) is 1. The Bertz CT molecular complexity index is 1100. The first-order chi connectivity index (χ1) is 15.7. The molecule has 33 heavy (non-hydrogen) atoms. The highest BCUT2D eigenvalue weighted by Gasteiger charge is 2.30. The van der Waals surface area contributed by atoms with Crippen LogP contribution in [0.3, 0.4) is 0 Å². The van der Waals surface area contributed by atoms with E-state index >= 15 is 0 Å². The zero-order chi connectivity index (χ0) is 24.0. The predicted octanol–water partition coefficient (Wildman–Crippen LogP) is 2.36. The molecular weight excluding hydrogens is 464 g/mol. The summed E-state index contributed by atoms with van der Waals surface area (Å²) in [5.41, 5.74) is 0.0332. The van der Waals surface area contributed by atoms with Crippen molar-refractivity contribution in [2.75, 3.05) is 40.0 Å². The van der Waals surface area contributed by atoms with Gasteiger partial charge in [-0.3, -0.25) is 4.79 Å². The molecule has 0 radical (unpaired) electrons. The number of methoxy groups -OCH3 is 1. The zero-order valence-corrected chi connectivity index (χ0v) is 18.3. The molecule has 0 atom stereocenters. The van der Waals surface area contributed by atoms with E-state index in [1.54, 1.807) is 0 Å². The maximum atomic E-state index is 13.0. The average molecular weight is 485 g/mol. The Labute approximate surface area is 188 Å². The minimum absolute atomic E-state index is 0.0558. The number of hydrogen-bond acceptors (Lipinski definition) is 8. The fourth-order valence-corrected chi connectivity index (χ4v) is 4.64. The molecule has 0 saturated carbocycles. The monoisotopic (exact) mass is 485 g/mol. The molecule has 0 aliphatic carbocycles. The van der Waals surface area contributed by atoms with Gasteiger partial charge in [0.2, 0.25) is 10.0 Å². The van der Waals surface area contributed by atoms with Crippen molar-refractivity contribution in [1.29, 1.82) is 0 Å². The van der Waals surface area contributed by atoms with Crippen LogP contribution >= 0.6 is 0 Å². The van der Waals surface area contributed by atoms with E-state index in [1.807, 2.05) is 0 Å². The summed E-state index contributed by atoms with van der Waals surface area (Å²) in [5.74, 6) is -1.56. The third-order valence-electron chi connectivity index (χ3n) is 4.72. The Balaban J connectivity index is 1.71. The molecule has 0 aromatic heterocycles. The van der Waals surface area contributed by atoms with Crippen molar-refractivity contribution in [3.8, 4) is 11.5 Å². The van der Waals surface area contributed by atoms with Crippen LogP contribution in [0.4, 0.5) is 8.78 Å². The van der Waals surface area contributed by atoms with E-state index in [9.17, 15) is 26.8 Å². The molecule has 1 aliphatic heterocycles. The third-order valence-corrected chi connectivity index (χ3v) is 6.64. The SMILES string of the molecule is COc1ccc(C(=O)OCC(=O)c2ccc(OC(F)F)cc2)cc1S(=O)(=O)N1CCOCC1. The average Bonchev–Trinajstić information content (AvgIpc) is 2.82. The number of benzene rings is 2. The van der Waals surface area contributed by atoms with Crippen molar-refractivity contribution in [3.05, 3.63) is 53.6 Å². The molecule has 12 heteroatoms. The number of ether oxygens (including phenoxy) is 4. The lowest BCUT2D eigenvalue weighted by molar-refractivity contribution is -0.0498. The van der Waals surface area contributed by atoms with Crippen LogP contribution in [-0.2, 0) is 19.5 Å². The van der Waals surface area contributed by atoms with Crippen molar-refractivity contribution in [1.82, 2.24) is 4.31 Å². The van der Waals surface area contributed by atoms with Crippen LogP contribution in [-0.4, -0.2) is 71.1 Å². The first-order valence-electron chi connectivity index (χ1n) is 9.73. The maximum Gasteiger partial charge on any atom is 0.387 e. The summed E-state index contributed by atoms with van der Waals surface area (Å²) in [6.07, 6.45) is 0. The van der Waals surface area contributed by atoms with Crippen molar-refractivity contribution in [3.63, 3.8) is 0 Å². The van der Waals surface area contributed by atoms with Gasteiger partial charge in [0.15, 0.2) is 12.4 Å². The van der Waals surface area contributed by atoms with Gasteiger partial charge in [0.25, 0.3) is 0 Å². The Morgan fingerprint density at radius 2 is 1.70 bits per heavy atom. The molecule has 2 aromatic carbocycles. The van der Waals surface area contributed by atoms with Gasteiger partial charge in [0.1, 0.15) is 16.4 Å². The van der Waals surface area contributed by atoms with E-state index < -0.39 is 35.0 Å². The number of carbonyl (C=O) groups is 2. The highest BCUT2D eigenvalue weighted by molar-refractivity contribution is 7.89. The zero-order valence-electron chi connectivity index (χ0n) is 17.5. The van der Waals surface area contributed by atoms with Crippen molar-refractivity contribution in [2.45, 2.75) is 11.5 Å². The molecule has 178 valence electrons. The lowest BCUT2D eigenvalue weighted by Gasteiger charge is -2.26. The Morgan fingerprint density at radius 3 is 2.30 bits per heavy atom. The number of alkyl halides is 2. The topological polar surface area (TPSA) is 108 Å². The molecule has 0 unspecified atom stereocenters. The molecule has 0 spiro atoms. The summed E-state index contributed by atoms with van der Waals surface area (Å²) in [6, 6.07) is 8.67. The van der Waals surface area contributed by atoms with E-state index in [4.69, 9.17) is 14.2 Å². The standard InChI is InChI=1S/C21H21F2NO8S/c1-29-18-7-4-15(12-19(18)33(27,28)24-8-10-30-11-9-24)20(26)31-13-17(25)14-2-5-16(6-3-14)32-21(22)23/h2-7,12,21H,8-11,13H2,1H3. The molecule has 2 aromatic rings. The Hall–Kier alpha value is -3.09. The predicted molar refractivity (Wildman–Crippen MR) is 110 cm³/mol. The first-order valence-corrected chi connectivity index (χ1v) is 11.2. The Morgan fingerprint density at radius 1 is 1.06 bits per heavy atom. The maximum absolute atomic E-state index is 13.0. The summed E-state index contributed by atoms with van der Waals surface area (Å²) in [4.78, 5) is 24.5. The van der Waals surface area contributed by atoms with Gasteiger partial charge in [-0.1, -0.05) is 0 Å². The molecule has 1 aliphatic rings. The highest BCUT2D eigenvalue weighted by atomic mass is 32.2. The third kappa shape index (κ3) is 6.03. The molecule has 3 rings (SSSR count). The van der Waals surface area contributed by atoms with Crippen molar-refractivity contribution < 1.29 is 45.7 Å². The number of ketones is 1. The van der Waals surface area contributed by atoms with E-state index in [0.29, 0.717) is 0 Å². The van der Waals surface area contributed by atoms with Crippen LogP contribution in [0.1, 0.15) is 20.7 Å².